The molecule has 0 bridgehead atoms. The number of hydrogen-bond donors (Lipinski definition) is 1. The monoisotopic (exact) mass is 474 g/mol. The first kappa shape index (κ1) is 21.0. The quantitative estimate of drug-likeness (QED) is 0.300. The van der Waals surface area contributed by atoms with Crippen molar-refractivity contribution in [3.05, 3.63) is 71.4 Å². The van der Waals surface area contributed by atoms with E-state index in [-0.39, 0.29) is 11.5 Å². The van der Waals surface area contributed by atoms with E-state index >= 15 is 0 Å². The van der Waals surface area contributed by atoms with Crippen molar-refractivity contribution in [3.63, 3.8) is 0 Å². The Kier molecular flexibility index (Phi) is 4.86. The van der Waals surface area contributed by atoms with Crippen molar-refractivity contribution in [1.82, 2.24) is 9.72 Å². The molecule has 0 aliphatic heterocycles. The van der Waals surface area contributed by atoms with E-state index < -0.39 is 12.1 Å². The summed E-state index contributed by atoms with van der Waals surface area (Å²) in [7, 11) is 0. The number of fused-ring (bicyclic) bond motifs is 2. The zero-order valence-electron chi connectivity index (χ0n) is 16.9. The summed E-state index contributed by atoms with van der Waals surface area (Å²) in [6.45, 7) is 1.73. The number of aromatic nitrogens is 2. The maximum absolute atomic E-state index is 12.8. The molecule has 0 unspecified atom stereocenters. The van der Waals surface area contributed by atoms with Gasteiger partial charge in [-0.05, 0) is 49.4 Å². The zero-order chi connectivity index (χ0) is 23.3. The lowest BCUT2D eigenvalue weighted by molar-refractivity contribution is -0.274. The highest BCUT2D eigenvalue weighted by atomic mass is 35.5. The molecule has 6 nitrogen and oxygen atoms in total. The van der Waals surface area contributed by atoms with E-state index in [1.807, 2.05) is 0 Å². The summed E-state index contributed by atoms with van der Waals surface area (Å²) in [6, 6.07) is 15.1. The number of benzene rings is 3. The molecule has 0 saturated heterocycles. The van der Waals surface area contributed by atoms with Gasteiger partial charge in [-0.15, -0.1) is 13.2 Å². The maximum atomic E-state index is 12.8. The fourth-order valence-corrected chi connectivity index (χ4v) is 3.85. The topological polar surface area (TPSA) is 69.7 Å². The van der Waals surface area contributed by atoms with Gasteiger partial charge in [0.15, 0.2) is 17.2 Å². The highest BCUT2D eigenvalue weighted by Gasteiger charge is 2.32. The van der Waals surface area contributed by atoms with E-state index in [1.54, 1.807) is 41.8 Å². The second-order valence-corrected chi connectivity index (χ2v) is 7.66. The Morgan fingerprint density at radius 1 is 1.00 bits per heavy atom. The lowest BCUT2D eigenvalue weighted by Gasteiger charge is -2.09. The van der Waals surface area contributed by atoms with Gasteiger partial charge < -0.3 is 19.1 Å². The van der Waals surface area contributed by atoms with Crippen LogP contribution in [0.1, 0.15) is 5.69 Å². The molecule has 0 spiro atoms. The van der Waals surface area contributed by atoms with E-state index in [0.717, 1.165) is 0 Å². The molecule has 5 aromatic rings. The molecular formula is C23H14ClF3N2O4. The van der Waals surface area contributed by atoms with Gasteiger partial charge in [0, 0.05) is 22.5 Å². The minimum absolute atomic E-state index is 0.0191. The standard InChI is InChI=1S/C23H14ClF3N2O4/c1-12-21(31-15-4-2-3-14(30)10-15)18-11-16(32-23(25,26)27)6-8-19(18)29(12)22-17-7-5-13(24)9-20(17)33-28-22/h2-11,30H,1H3. The molecule has 0 aliphatic carbocycles. The third-order valence-electron chi connectivity index (χ3n) is 5.02. The van der Waals surface area contributed by atoms with Crippen LogP contribution in [0.4, 0.5) is 13.2 Å². The number of ether oxygens (including phenoxy) is 2. The number of rotatable bonds is 4. The molecule has 168 valence electrons. The van der Waals surface area contributed by atoms with Crippen LogP contribution in [-0.2, 0) is 0 Å². The van der Waals surface area contributed by atoms with E-state index in [1.165, 1.54) is 30.3 Å². The Hall–Kier alpha value is -3.85. The van der Waals surface area contributed by atoms with Crippen LogP contribution >= 0.6 is 11.6 Å². The number of alkyl halides is 3. The molecule has 3 aromatic carbocycles. The first-order valence-corrected chi connectivity index (χ1v) is 10.0. The molecular weight excluding hydrogens is 461 g/mol. The number of halogens is 4. The van der Waals surface area contributed by atoms with Gasteiger partial charge in [-0.3, -0.25) is 4.57 Å². The van der Waals surface area contributed by atoms with Crippen molar-refractivity contribution in [2.24, 2.45) is 0 Å². The summed E-state index contributed by atoms with van der Waals surface area (Å²) >= 11 is 6.04. The highest BCUT2D eigenvalue weighted by Crippen LogP contribution is 2.41. The SMILES string of the molecule is Cc1c(Oc2cccc(O)c2)c2cc(OC(F)(F)F)ccc2n1-c1noc2cc(Cl)ccc12. The normalized spacial score (nSPS) is 11.9. The van der Waals surface area contributed by atoms with Gasteiger partial charge in [-0.2, -0.15) is 0 Å². The van der Waals surface area contributed by atoms with Crippen molar-refractivity contribution >= 4 is 33.5 Å². The molecule has 0 radical (unpaired) electrons. The largest absolute Gasteiger partial charge is 0.573 e. The molecule has 0 saturated carbocycles. The number of nitrogens with zero attached hydrogens (tertiary/aromatic N) is 2. The average molecular weight is 475 g/mol. The van der Waals surface area contributed by atoms with Crippen molar-refractivity contribution < 1.29 is 32.3 Å². The van der Waals surface area contributed by atoms with E-state index in [4.69, 9.17) is 20.9 Å². The Bertz CT molecular complexity index is 1510. The third kappa shape index (κ3) is 3.91. The van der Waals surface area contributed by atoms with Gasteiger partial charge in [-0.1, -0.05) is 22.8 Å². The summed E-state index contributed by atoms with van der Waals surface area (Å²) < 4.78 is 55.7. The van der Waals surface area contributed by atoms with Crippen molar-refractivity contribution in [2.45, 2.75) is 13.3 Å². The minimum atomic E-state index is -4.85. The minimum Gasteiger partial charge on any atom is -0.508 e. The number of phenolic OH excluding ortho intramolecular Hbond substituents is 1. The van der Waals surface area contributed by atoms with Crippen LogP contribution in [0.5, 0.6) is 23.0 Å². The van der Waals surface area contributed by atoms with Crippen LogP contribution in [-0.4, -0.2) is 21.2 Å². The molecule has 10 heteroatoms. The molecule has 2 aromatic heterocycles. The molecule has 5 rings (SSSR count). The second kappa shape index (κ2) is 7.63. The van der Waals surface area contributed by atoms with Crippen LogP contribution in [0, 0.1) is 6.92 Å². The van der Waals surface area contributed by atoms with Crippen LogP contribution in [0.15, 0.2) is 65.2 Å². The van der Waals surface area contributed by atoms with E-state index in [2.05, 4.69) is 9.89 Å². The molecule has 0 atom stereocenters. The smallest absolute Gasteiger partial charge is 0.508 e. The summed E-state index contributed by atoms with van der Waals surface area (Å²) in [5.74, 6) is 0.572. The van der Waals surface area contributed by atoms with Crippen LogP contribution in [0.3, 0.4) is 0 Å². The fraction of sp³-hybridized carbons (Fsp3) is 0.0870. The third-order valence-corrected chi connectivity index (χ3v) is 5.25. The molecule has 33 heavy (non-hydrogen) atoms. The Labute approximate surface area is 189 Å². The van der Waals surface area contributed by atoms with Crippen molar-refractivity contribution in [3.8, 4) is 28.8 Å². The average Bonchev–Trinajstić information content (AvgIpc) is 3.25. The number of aromatic hydroxyl groups is 1. The Balaban J connectivity index is 1.74. The lowest BCUT2D eigenvalue weighted by Crippen LogP contribution is -2.17. The van der Waals surface area contributed by atoms with Crippen LogP contribution in [0.25, 0.3) is 27.7 Å². The lowest BCUT2D eigenvalue weighted by atomic mass is 10.2. The highest BCUT2D eigenvalue weighted by molar-refractivity contribution is 6.31. The predicted octanol–water partition coefficient (Wildman–Crippen LogP) is 7.13. The maximum Gasteiger partial charge on any atom is 0.573 e. The van der Waals surface area contributed by atoms with Gasteiger partial charge in [0.05, 0.1) is 16.6 Å². The van der Waals surface area contributed by atoms with E-state index in [9.17, 15) is 18.3 Å². The van der Waals surface area contributed by atoms with Gasteiger partial charge in [0.25, 0.3) is 0 Å². The van der Waals surface area contributed by atoms with Gasteiger partial charge in [0.2, 0.25) is 0 Å². The van der Waals surface area contributed by atoms with E-state index in [0.29, 0.717) is 44.2 Å². The van der Waals surface area contributed by atoms with Gasteiger partial charge in [-0.25, -0.2) is 0 Å². The molecule has 0 aliphatic rings. The number of hydrogen-bond acceptors (Lipinski definition) is 5. The Morgan fingerprint density at radius 3 is 2.58 bits per heavy atom. The molecule has 1 N–H and O–H groups in total. The number of phenols is 1. The first-order valence-electron chi connectivity index (χ1n) is 9.62. The zero-order valence-corrected chi connectivity index (χ0v) is 17.6. The predicted molar refractivity (Wildman–Crippen MR) is 115 cm³/mol. The first-order chi connectivity index (χ1) is 15.7. The van der Waals surface area contributed by atoms with Crippen molar-refractivity contribution in [1.29, 1.82) is 0 Å². The molecule has 2 heterocycles. The Morgan fingerprint density at radius 2 is 1.82 bits per heavy atom. The van der Waals surface area contributed by atoms with Gasteiger partial charge >= 0.3 is 6.36 Å². The van der Waals surface area contributed by atoms with Crippen LogP contribution in [0.2, 0.25) is 5.02 Å². The second-order valence-electron chi connectivity index (χ2n) is 7.22. The molecule has 0 amide bonds. The van der Waals surface area contributed by atoms with Crippen molar-refractivity contribution in [2.75, 3.05) is 0 Å². The van der Waals surface area contributed by atoms with Crippen LogP contribution < -0.4 is 9.47 Å². The summed E-state index contributed by atoms with van der Waals surface area (Å²) in [6.07, 6.45) is -4.85. The molecule has 0 fully saturated rings. The summed E-state index contributed by atoms with van der Waals surface area (Å²) in [5.41, 5.74) is 1.51. The fourth-order valence-electron chi connectivity index (χ4n) is 3.69. The summed E-state index contributed by atoms with van der Waals surface area (Å²) in [5, 5.41) is 15.4. The van der Waals surface area contributed by atoms with Gasteiger partial charge in [0.1, 0.15) is 17.2 Å². The summed E-state index contributed by atoms with van der Waals surface area (Å²) in [4.78, 5) is 0.